The zero-order valence-corrected chi connectivity index (χ0v) is 12.2. The van der Waals surface area contributed by atoms with Gasteiger partial charge in [-0.25, -0.2) is 14.6 Å². The highest BCUT2D eigenvalue weighted by molar-refractivity contribution is 9.10. The maximum Gasteiger partial charge on any atom is 0.172 e. The Morgan fingerprint density at radius 2 is 2.06 bits per heavy atom. The Balaban J connectivity index is 2.65. The molecule has 0 bridgehead atoms. The van der Waals surface area contributed by atoms with E-state index in [0.29, 0.717) is 15.4 Å². The summed E-state index contributed by atoms with van der Waals surface area (Å²) in [5.74, 6) is 0.672. The van der Waals surface area contributed by atoms with E-state index >= 15 is 0 Å². The van der Waals surface area contributed by atoms with Gasteiger partial charge in [0.2, 0.25) is 0 Å². The van der Waals surface area contributed by atoms with Crippen LogP contribution >= 0.6 is 27.5 Å². The first-order valence-corrected chi connectivity index (χ1v) is 6.44. The quantitative estimate of drug-likeness (QED) is 0.799. The molecule has 6 heteroatoms. The fourth-order valence-electron chi connectivity index (χ4n) is 1.88. The minimum atomic E-state index is 0.389. The van der Waals surface area contributed by atoms with Gasteiger partial charge >= 0.3 is 0 Å². The van der Waals surface area contributed by atoms with Crippen LogP contribution < -0.4 is 0 Å². The van der Waals surface area contributed by atoms with E-state index in [1.165, 1.54) is 11.9 Å². The van der Waals surface area contributed by atoms with Crippen molar-refractivity contribution in [3.63, 3.8) is 0 Å². The van der Waals surface area contributed by atoms with Gasteiger partial charge in [0.05, 0.1) is 10.2 Å². The lowest BCUT2D eigenvalue weighted by molar-refractivity contribution is 0.794. The van der Waals surface area contributed by atoms with Gasteiger partial charge in [-0.3, -0.25) is 0 Å². The number of rotatable bonds is 2. The molecule has 0 N–H and O–H groups in total. The largest absolute Gasteiger partial charge is 0.223 e. The Labute approximate surface area is 113 Å². The summed E-state index contributed by atoms with van der Waals surface area (Å²) in [5, 5.41) is 4.88. The van der Waals surface area contributed by atoms with E-state index in [9.17, 15) is 0 Å². The van der Waals surface area contributed by atoms with Crippen LogP contribution in [-0.2, 0) is 6.42 Å². The molecular weight excluding hydrogens is 304 g/mol. The molecule has 0 saturated carbocycles. The fourth-order valence-corrected chi connectivity index (χ4v) is 2.38. The van der Waals surface area contributed by atoms with Gasteiger partial charge in [-0.1, -0.05) is 18.5 Å². The van der Waals surface area contributed by atoms with Crippen molar-refractivity contribution in [3.8, 4) is 5.82 Å². The summed E-state index contributed by atoms with van der Waals surface area (Å²) in [5.41, 5.74) is 3.35. The number of halogens is 2. The van der Waals surface area contributed by atoms with Crippen LogP contribution in [0.1, 0.15) is 23.9 Å². The third kappa shape index (κ3) is 2.09. The summed E-state index contributed by atoms with van der Waals surface area (Å²) in [6.07, 6.45) is 2.39. The summed E-state index contributed by atoms with van der Waals surface area (Å²) in [7, 11) is 0. The molecule has 0 atom stereocenters. The molecule has 0 aromatic carbocycles. The average Bonchev–Trinajstić information content (AvgIpc) is 2.58. The molecule has 0 aliphatic heterocycles. The first-order valence-electron chi connectivity index (χ1n) is 5.27. The molecule has 0 spiro atoms. The topological polar surface area (TPSA) is 43.6 Å². The van der Waals surface area contributed by atoms with Crippen LogP contribution in [0.2, 0.25) is 5.15 Å². The molecule has 2 aromatic heterocycles. The van der Waals surface area contributed by atoms with Crippen LogP contribution in [0.5, 0.6) is 0 Å². The van der Waals surface area contributed by atoms with Crippen molar-refractivity contribution in [3.05, 3.63) is 32.9 Å². The van der Waals surface area contributed by atoms with E-state index < -0.39 is 0 Å². The number of hydrogen-bond donors (Lipinski definition) is 0. The summed E-state index contributed by atoms with van der Waals surface area (Å²) < 4.78 is 2.46. The Kier molecular flexibility index (Phi) is 3.49. The standard InChI is InChI=1S/C11H12BrClN4/c1-4-8-6(2)16-17(7(8)3)11-9(12)10(13)14-5-15-11/h5H,4H2,1-3H3. The zero-order chi connectivity index (χ0) is 12.6. The zero-order valence-electron chi connectivity index (χ0n) is 9.83. The maximum absolute atomic E-state index is 5.96. The molecule has 0 aliphatic carbocycles. The number of hydrogen-bond acceptors (Lipinski definition) is 3. The molecule has 2 rings (SSSR count). The van der Waals surface area contributed by atoms with E-state index in [4.69, 9.17) is 11.6 Å². The van der Waals surface area contributed by atoms with Gasteiger partial charge in [0.1, 0.15) is 11.5 Å². The minimum Gasteiger partial charge on any atom is -0.223 e. The van der Waals surface area contributed by atoms with E-state index in [1.807, 2.05) is 13.8 Å². The highest BCUT2D eigenvalue weighted by Gasteiger charge is 2.15. The van der Waals surface area contributed by atoms with Gasteiger partial charge in [-0.2, -0.15) is 5.10 Å². The highest BCUT2D eigenvalue weighted by atomic mass is 79.9. The van der Waals surface area contributed by atoms with Crippen molar-refractivity contribution >= 4 is 27.5 Å². The Morgan fingerprint density at radius 1 is 1.35 bits per heavy atom. The van der Waals surface area contributed by atoms with Crippen molar-refractivity contribution < 1.29 is 0 Å². The van der Waals surface area contributed by atoms with Crippen molar-refractivity contribution in [2.45, 2.75) is 27.2 Å². The van der Waals surface area contributed by atoms with Crippen LogP contribution in [0, 0.1) is 13.8 Å². The lowest BCUT2D eigenvalue weighted by Gasteiger charge is -2.06. The summed E-state index contributed by atoms with van der Waals surface area (Å²) >= 11 is 9.35. The van der Waals surface area contributed by atoms with E-state index in [0.717, 1.165) is 17.8 Å². The van der Waals surface area contributed by atoms with Gasteiger partial charge in [0, 0.05) is 5.69 Å². The monoisotopic (exact) mass is 314 g/mol. The smallest absolute Gasteiger partial charge is 0.172 e. The molecule has 2 aromatic rings. The van der Waals surface area contributed by atoms with E-state index in [-0.39, 0.29) is 0 Å². The third-order valence-corrected chi connectivity index (χ3v) is 3.97. The van der Waals surface area contributed by atoms with Gasteiger partial charge < -0.3 is 0 Å². The fraction of sp³-hybridized carbons (Fsp3) is 0.364. The summed E-state index contributed by atoms with van der Waals surface area (Å²) in [6, 6.07) is 0. The van der Waals surface area contributed by atoms with Gasteiger partial charge in [0.25, 0.3) is 0 Å². The van der Waals surface area contributed by atoms with Gasteiger partial charge in [-0.15, -0.1) is 0 Å². The number of aromatic nitrogens is 4. The third-order valence-electron chi connectivity index (χ3n) is 2.72. The Bertz CT molecular complexity index is 565. The SMILES string of the molecule is CCc1c(C)nn(-c2ncnc(Cl)c2Br)c1C. The molecule has 0 amide bonds. The molecule has 0 aliphatic rings. The second-order valence-electron chi connectivity index (χ2n) is 3.72. The molecule has 0 radical (unpaired) electrons. The maximum atomic E-state index is 5.96. The van der Waals surface area contributed by atoms with E-state index in [2.05, 4.69) is 37.9 Å². The second kappa shape index (κ2) is 4.74. The lowest BCUT2D eigenvalue weighted by atomic mass is 10.1. The van der Waals surface area contributed by atoms with Crippen LogP contribution in [0.25, 0.3) is 5.82 Å². The molecule has 4 nitrogen and oxygen atoms in total. The molecule has 90 valence electrons. The van der Waals surface area contributed by atoms with E-state index in [1.54, 1.807) is 4.68 Å². The molecule has 0 saturated heterocycles. The second-order valence-corrected chi connectivity index (χ2v) is 4.87. The molecule has 2 heterocycles. The van der Waals surface area contributed by atoms with Crippen molar-refractivity contribution in [2.24, 2.45) is 0 Å². The lowest BCUT2D eigenvalue weighted by Crippen LogP contribution is -2.04. The average molecular weight is 316 g/mol. The molecule has 0 fully saturated rings. The number of nitrogens with zero attached hydrogens (tertiary/aromatic N) is 4. The van der Waals surface area contributed by atoms with Crippen molar-refractivity contribution in [1.29, 1.82) is 0 Å². The summed E-state index contributed by atoms with van der Waals surface area (Å²) in [4.78, 5) is 8.13. The molecule has 0 unspecified atom stereocenters. The van der Waals surface area contributed by atoms with Crippen LogP contribution in [0.15, 0.2) is 10.8 Å². The van der Waals surface area contributed by atoms with Crippen LogP contribution in [-0.4, -0.2) is 19.7 Å². The normalized spacial score (nSPS) is 10.9. The van der Waals surface area contributed by atoms with Crippen LogP contribution in [0.4, 0.5) is 0 Å². The Morgan fingerprint density at radius 3 is 2.65 bits per heavy atom. The highest BCUT2D eigenvalue weighted by Crippen LogP contribution is 2.27. The minimum absolute atomic E-state index is 0.389. The predicted molar refractivity (Wildman–Crippen MR) is 70.7 cm³/mol. The first-order chi connectivity index (χ1) is 8.06. The van der Waals surface area contributed by atoms with Gasteiger partial charge in [0.15, 0.2) is 5.82 Å². The molecule has 17 heavy (non-hydrogen) atoms. The van der Waals surface area contributed by atoms with Gasteiger partial charge in [-0.05, 0) is 41.8 Å². The number of aryl methyl sites for hydroxylation is 1. The van der Waals surface area contributed by atoms with Crippen LogP contribution in [0.3, 0.4) is 0 Å². The predicted octanol–water partition coefficient (Wildman–Crippen LogP) is 3.26. The summed E-state index contributed by atoms with van der Waals surface area (Å²) in [6.45, 7) is 6.14. The van der Waals surface area contributed by atoms with Crippen molar-refractivity contribution in [1.82, 2.24) is 19.7 Å². The first kappa shape index (κ1) is 12.5. The molecular formula is C11H12BrClN4. The Hall–Kier alpha value is -0.940. The van der Waals surface area contributed by atoms with Crippen molar-refractivity contribution in [2.75, 3.05) is 0 Å².